The fourth-order valence-corrected chi connectivity index (χ4v) is 2.83. The summed E-state index contributed by atoms with van der Waals surface area (Å²) in [6, 6.07) is -1.33. The zero-order valence-corrected chi connectivity index (χ0v) is 13.3. The van der Waals surface area contributed by atoms with E-state index in [1.165, 1.54) is 16.8 Å². The smallest absolute Gasteiger partial charge is 0.309 e. The Kier molecular flexibility index (Phi) is 9.06. The van der Waals surface area contributed by atoms with E-state index in [-0.39, 0.29) is 6.54 Å². The van der Waals surface area contributed by atoms with Crippen LogP contribution in [0, 0.1) is 0 Å². The fraction of sp³-hybridized carbons (Fsp3) is 1.00. The third-order valence-corrected chi connectivity index (χ3v) is 3.86. The molecule has 0 aromatic heterocycles. The van der Waals surface area contributed by atoms with Crippen LogP contribution in [0.2, 0.25) is 0 Å². The maximum absolute atomic E-state index is 12.7. The standard InChI is InChI=1S/C10H20F3N3S.C2H6/c1-14(2)6-7-17-16-5-4-15(3)9(8-16)10(11,12)13;1-2/h9H,4-8H2,1-3H3;1-2H3. The highest BCUT2D eigenvalue weighted by atomic mass is 32.2. The molecule has 0 aliphatic carbocycles. The number of rotatable bonds is 4. The Morgan fingerprint density at radius 1 is 1.21 bits per heavy atom. The van der Waals surface area contributed by atoms with Crippen molar-refractivity contribution in [2.45, 2.75) is 26.1 Å². The molecule has 1 aliphatic heterocycles. The molecule has 0 N–H and O–H groups in total. The average molecular weight is 301 g/mol. The van der Waals surface area contributed by atoms with Gasteiger partial charge in [0.15, 0.2) is 0 Å². The summed E-state index contributed by atoms with van der Waals surface area (Å²) in [6.07, 6.45) is -4.13. The van der Waals surface area contributed by atoms with Crippen LogP contribution >= 0.6 is 11.9 Å². The summed E-state index contributed by atoms with van der Waals surface area (Å²) >= 11 is 1.51. The van der Waals surface area contributed by atoms with E-state index in [2.05, 4.69) is 0 Å². The molecule has 1 rings (SSSR count). The van der Waals surface area contributed by atoms with E-state index in [4.69, 9.17) is 0 Å². The molecule has 0 bridgehead atoms. The van der Waals surface area contributed by atoms with Gasteiger partial charge in [-0.2, -0.15) is 13.2 Å². The largest absolute Gasteiger partial charge is 0.405 e. The van der Waals surface area contributed by atoms with Gasteiger partial charge in [0.05, 0.1) is 0 Å². The van der Waals surface area contributed by atoms with Crippen LogP contribution in [0.25, 0.3) is 0 Å². The van der Waals surface area contributed by atoms with Crippen molar-refractivity contribution >= 4 is 11.9 Å². The minimum atomic E-state index is -4.13. The first-order valence-corrected chi connectivity index (χ1v) is 7.54. The molecule has 0 amide bonds. The molecular weight excluding hydrogens is 275 g/mol. The Morgan fingerprint density at radius 3 is 2.26 bits per heavy atom. The maximum atomic E-state index is 12.7. The van der Waals surface area contributed by atoms with Crippen LogP contribution in [0.4, 0.5) is 13.2 Å². The lowest BCUT2D eigenvalue weighted by Crippen LogP contribution is -2.55. The molecular formula is C12H26F3N3S. The van der Waals surface area contributed by atoms with Gasteiger partial charge in [-0.05, 0) is 21.1 Å². The van der Waals surface area contributed by atoms with E-state index in [0.717, 1.165) is 12.3 Å². The van der Waals surface area contributed by atoms with Crippen molar-refractivity contribution in [2.24, 2.45) is 0 Å². The van der Waals surface area contributed by atoms with Crippen LogP contribution in [0.1, 0.15) is 13.8 Å². The SMILES string of the molecule is CC.CN(C)CCSN1CCN(C)C(C(F)(F)F)C1. The Balaban J connectivity index is 0.00000154. The number of hydrogen-bond acceptors (Lipinski definition) is 4. The molecule has 0 aromatic rings. The predicted octanol–water partition coefficient (Wildman–Crippen LogP) is 2.40. The minimum absolute atomic E-state index is 0.0676. The lowest BCUT2D eigenvalue weighted by atomic mass is 10.2. The van der Waals surface area contributed by atoms with E-state index in [1.54, 1.807) is 7.05 Å². The molecule has 0 spiro atoms. The van der Waals surface area contributed by atoms with Crippen LogP contribution in [0.5, 0.6) is 0 Å². The Hall–Kier alpha value is 0.0200. The van der Waals surface area contributed by atoms with Gasteiger partial charge in [-0.3, -0.25) is 4.90 Å². The van der Waals surface area contributed by atoms with Gasteiger partial charge < -0.3 is 4.90 Å². The zero-order chi connectivity index (χ0) is 15.1. The highest BCUT2D eigenvalue weighted by Gasteiger charge is 2.45. The van der Waals surface area contributed by atoms with Gasteiger partial charge in [-0.15, -0.1) is 0 Å². The normalized spacial score (nSPS) is 22.3. The van der Waals surface area contributed by atoms with Gasteiger partial charge in [0.1, 0.15) is 6.04 Å². The summed E-state index contributed by atoms with van der Waals surface area (Å²) in [5.74, 6) is 0.835. The molecule has 3 nitrogen and oxygen atoms in total. The van der Waals surface area contributed by atoms with Crippen LogP contribution in [0.15, 0.2) is 0 Å². The minimum Gasteiger partial charge on any atom is -0.309 e. The first-order valence-electron chi connectivity index (χ1n) is 6.60. The van der Waals surface area contributed by atoms with E-state index >= 15 is 0 Å². The van der Waals surface area contributed by atoms with Crippen LogP contribution in [-0.2, 0) is 0 Å². The zero-order valence-electron chi connectivity index (χ0n) is 12.5. The molecule has 1 saturated heterocycles. The van der Waals surface area contributed by atoms with E-state index in [9.17, 15) is 13.2 Å². The first-order chi connectivity index (χ1) is 8.80. The molecule has 0 saturated carbocycles. The highest BCUT2D eigenvalue weighted by molar-refractivity contribution is 7.97. The van der Waals surface area contributed by atoms with Crippen molar-refractivity contribution in [3.63, 3.8) is 0 Å². The molecule has 1 heterocycles. The predicted molar refractivity (Wildman–Crippen MR) is 76.4 cm³/mol. The Labute approximate surface area is 119 Å². The molecule has 1 fully saturated rings. The summed E-state index contributed by atoms with van der Waals surface area (Å²) in [4.78, 5) is 3.42. The Bertz CT molecular complexity index is 237. The molecule has 116 valence electrons. The topological polar surface area (TPSA) is 9.72 Å². The molecule has 0 aromatic carbocycles. The lowest BCUT2D eigenvalue weighted by Gasteiger charge is -2.39. The second kappa shape index (κ2) is 9.05. The van der Waals surface area contributed by atoms with Crippen LogP contribution < -0.4 is 0 Å². The molecule has 0 radical (unpaired) electrons. The third-order valence-electron chi connectivity index (χ3n) is 2.80. The van der Waals surface area contributed by atoms with Crippen molar-refractivity contribution < 1.29 is 13.2 Å². The number of piperazine rings is 1. The molecule has 1 unspecified atom stereocenters. The molecule has 1 aliphatic rings. The van der Waals surface area contributed by atoms with Gasteiger partial charge in [-0.1, -0.05) is 25.8 Å². The van der Waals surface area contributed by atoms with E-state index in [1.807, 2.05) is 37.1 Å². The average Bonchev–Trinajstić information content (AvgIpc) is 2.32. The van der Waals surface area contributed by atoms with Gasteiger partial charge in [0, 0.05) is 31.9 Å². The number of halogens is 3. The number of hydrogen-bond donors (Lipinski definition) is 0. The summed E-state index contributed by atoms with van der Waals surface area (Å²) < 4.78 is 40.0. The lowest BCUT2D eigenvalue weighted by molar-refractivity contribution is -0.187. The van der Waals surface area contributed by atoms with Crippen molar-refractivity contribution in [3.05, 3.63) is 0 Å². The number of alkyl halides is 3. The quantitative estimate of drug-likeness (QED) is 0.737. The monoisotopic (exact) mass is 301 g/mol. The summed E-state index contributed by atoms with van der Waals surface area (Å²) in [5, 5.41) is 0. The maximum Gasteiger partial charge on any atom is 0.405 e. The van der Waals surface area contributed by atoms with Crippen LogP contribution in [0.3, 0.4) is 0 Å². The highest BCUT2D eigenvalue weighted by Crippen LogP contribution is 2.29. The van der Waals surface area contributed by atoms with Crippen LogP contribution in [-0.4, -0.2) is 79.4 Å². The third kappa shape index (κ3) is 7.39. The number of likely N-dealkylation sites (N-methyl/N-ethyl adjacent to an activating group) is 1. The molecule has 19 heavy (non-hydrogen) atoms. The summed E-state index contributed by atoms with van der Waals surface area (Å²) in [7, 11) is 5.46. The second-order valence-electron chi connectivity index (χ2n) is 4.56. The summed E-state index contributed by atoms with van der Waals surface area (Å²) in [6.45, 7) is 6.12. The molecule has 7 heteroatoms. The van der Waals surface area contributed by atoms with Crippen molar-refractivity contribution in [3.8, 4) is 0 Å². The van der Waals surface area contributed by atoms with Gasteiger partial charge >= 0.3 is 6.18 Å². The second-order valence-corrected chi connectivity index (χ2v) is 5.75. The molecule has 1 atom stereocenters. The van der Waals surface area contributed by atoms with Gasteiger partial charge in [0.25, 0.3) is 0 Å². The van der Waals surface area contributed by atoms with Crippen molar-refractivity contribution in [1.29, 1.82) is 0 Å². The van der Waals surface area contributed by atoms with Crippen molar-refractivity contribution in [1.82, 2.24) is 14.1 Å². The fourth-order valence-electron chi connectivity index (χ4n) is 1.67. The van der Waals surface area contributed by atoms with E-state index < -0.39 is 12.2 Å². The Morgan fingerprint density at radius 2 is 1.79 bits per heavy atom. The first kappa shape index (κ1) is 19.0. The number of nitrogens with zero attached hydrogens (tertiary/aromatic N) is 3. The summed E-state index contributed by atoms with van der Waals surface area (Å²) in [5.41, 5.74) is 0. The van der Waals surface area contributed by atoms with Gasteiger partial charge in [0.2, 0.25) is 0 Å². The van der Waals surface area contributed by atoms with E-state index in [0.29, 0.717) is 13.1 Å². The van der Waals surface area contributed by atoms with Gasteiger partial charge in [-0.25, -0.2) is 4.31 Å². The van der Waals surface area contributed by atoms with Crippen molar-refractivity contribution in [2.75, 3.05) is 53.1 Å².